The van der Waals surface area contributed by atoms with Crippen LogP contribution in [0.15, 0.2) is 24.5 Å². The van der Waals surface area contributed by atoms with E-state index in [1.807, 2.05) is 17.9 Å². The first-order chi connectivity index (χ1) is 19.6. The number of hydrogen-bond acceptors (Lipinski definition) is 9. The van der Waals surface area contributed by atoms with Crippen molar-refractivity contribution in [2.45, 2.75) is 51.6 Å². The summed E-state index contributed by atoms with van der Waals surface area (Å²) in [5, 5.41) is 6.15. The molecule has 10 nitrogen and oxygen atoms in total. The van der Waals surface area contributed by atoms with E-state index in [2.05, 4.69) is 25.5 Å². The van der Waals surface area contributed by atoms with Crippen molar-refractivity contribution in [3.63, 3.8) is 0 Å². The average Bonchev–Trinajstić information content (AvgIpc) is 2.96. The van der Waals surface area contributed by atoms with Crippen LogP contribution in [-0.2, 0) is 20.9 Å². The van der Waals surface area contributed by atoms with Crippen LogP contribution in [0, 0.1) is 17.0 Å². The minimum Gasteiger partial charge on any atom is -0.466 e. The van der Waals surface area contributed by atoms with Gasteiger partial charge in [-0.25, -0.2) is 18.7 Å². The average molecular weight is 572 g/mol. The lowest BCUT2D eigenvalue weighted by Gasteiger charge is -2.48. The molecule has 2 aromatic rings. The fourth-order valence-corrected chi connectivity index (χ4v) is 6.14. The fraction of sp³-hybridized carbons (Fsp3) is 0.586. The third kappa shape index (κ3) is 6.22. The largest absolute Gasteiger partial charge is 0.466 e. The van der Waals surface area contributed by atoms with Crippen molar-refractivity contribution in [2.24, 2.45) is 5.41 Å². The second-order valence-corrected chi connectivity index (χ2v) is 11.6. The first-order valence-electron chi connectivity index (χ1n) is 14.3. The molecule has 1 spiro atoms. The summed E-state index contributed by atoms with van der Waals surface area (Å²) in [7, 11) is 1.80. The minimum absolute atomic E-state index is 0.0306. The number of aromatic nitrogens is 2. The molecule has 2 N–H and O–H groups in total. The van der Waals surface area contributed by atoms with E-state index in [1.165, 1.54) is 18.5 Å². The zero-order chi connectivity index (χ0) is 29.2. The maximum absolute atomic E-state index is 15.5. The summed E-state index contributed by atoms with van der Waals surface area (Å²) < 4.78 is 36.0. The SMILES string of the molecule is CCOC(=O)C1(C)CCN(Cc2cc(F)c(N3CC(=O)NC4(CCN(c5cc(NC)ncn5)CC4)C3)cc2F)CC1. The molecule has 5 rings (SSSR count). The van der Waals surface area contributed by atoms with Crippen molar-refractivity contribution in [3.05, 3.63) is 41.7 Å². The molecule has 0 aliphatic carbocycles. The van der Waals surface area contributed by atoms with Gasteiger partial charge in [-0.15, -0.1) is 0 Å². The van der Waals surface area contributed by atoms with Gasteiger partial charge in [-0.2, -0.15) is 0 Å². The molecule has 3 aliphatic rings. The van der Waals surface area contributed by atoms with Crippen molar-refractivity contribution < 1.29 is 23.1 Å². The molecule has 0 radical (unpaired) electrons. The predicted octanol–water partition coefficient (Wildman–Crippen LogP) is 2.94. The number of esters is 1. The number of halogens is 2. The first-order valence-corrected chi connectivity index (χ1v) is 14.3. The third-order valence-electron chi connectivity index (χ3n) is 8.76. The molecule has 3 aliphatic heterocycles. The summed E-state index contributed by atoms with van der Waals surface area (Å²) in [6.45, 7) is 7.16. The molecule has 222 valence electrons. The molecule has 0 bridgehead atoms. The summed E-state index contributed by atoms with van der Waals surface area (Å²) in [5.41, 5.74) is -0.718. The van der Waals surface area contributed by atoms with E-state index in [1.54, 1.807) is 18.9 Å². The zero-order valence-corrected chi connectivity index (χ0v) is 24.0. The Morgan fingerprint density at radius 3 is 2.46 bits per heavy atom. The number of hydrogen-bond donors (Lipinski definition) is 2. The molecule has 0 saturated carbocycles. The van der Waals surface area contributed by atoms with Crippen molar-refractivity contribution in [1.29, 1.82) is 0 Å². The van der Waals surface area contributed by atoms with E-state index in [0.717, 1.165) is 11.6 Å². The van der Waals surface area contributed by atoms with Crippen LogP contribution >= 0.6 is 0 Å². The molecule has 3 fully saturated rings. The van der Waals surface area contributed by atoms with Crippen LogP contribution in [0.1, 0.15) is 45.1 Å². The van der Waals surface area contributed by atoms with Crippen LogP contribution in [0.2, 0.25) is 0 Å². The molecule has 41 heavy (non-hydrogen) atoms. The number of piperazine rings is 1. The summed E-state index contributed by atoms with van der Waals surface area (Å²) in [5.74, 6) is 0.0833. The molecule has 1 aromatic heterocycles. The van der Waals surface area contributed by atoms with Gasteiger partial charge in [-0.05, 0) is 58.7 Å². The number of benzene rings is 1. The van der Waals surface area contributed by atoms with Crippen LogP contribution in [-0.4, -0.2) is 85.2 Å². The third-order valence-corrected chi connectivity index (χ3v) is 8.76. The van der Waals surface area contributed by atoms with E-state index in [4.69, 9.17) is 4.74 Å². The van der Waals surface area contributed by atoms with Crippen LogP contribution in [0.25, 0.3) is 0 Å². The van der Waals surface area contributed by atoms with Gasteiger partial charge in [-0.1, -0.05) is 0 Å². The van der Waals surface area contributed by atoms with Gasteiger partial charge in [0, 0.05) is 50.9 Å². The Morgan fingerprint density at radius 2 is 1.78 bits per heavy atom. The maximum Gasteiger partial charge on any atom is 0.311 e. The van der Waals surface area contributed by atoms with Gasteiger partial charge in [0.05, 0.1) is 29.8 Å². The molecule has 1 aromatic carbocycles. The number of carbonyl (C=O) groups is 2. The van der Waals surface area contributed by atoms with Crippen LogP contribution in [0.3, 0.4) is 0 Å². The lowest BCUT2D eigenvalue weighted by molar-refractivity contribution is -0.157. The highest BCUT2D eigenvalue weighted by molar-refractivity contribution is 5.84. The molecular formula is C29H39F2N7O3. The topological polar surface area (TPSA) is 103 Å². The first kappa shape index (κ1) is 29.0. The number of nitrogens with zero attached hydrogens (tertiary/aromatic N) is 5. The molecule has 0 atom stereocenters. The monoisotopic (exact) mass is 571 g/mol. The van der Waals surface area contributed by atoms with Gasteiger partial charge in [0.2, 0.25) is 5.91 Å². The summed E-state index contributed by atoms with van der Waals surface area (Å²) in [6, 6.07) is 4.35. The number of amides is 1. The minimum atomic E-state index is -0.550. The number of anilines is 3. The van der Waals surface area contributed by atoms with Gasteiger partial charge < -0.3 is 25.2 Å². The lowest BCUT2D eigenvalue weighted by Crippen LogP contribution is -2.66. The van der Waals surface area contributed by atoms with Crippen LogP contribution < -0.4 is 20.4 Å². The number of rotatable bonds is 7. The molecule has 12 heteroatoms. The number of carbonyl (C=O) groups excluding carboxylic acids is 2. The van der Waals surface area contributed by atoms with Crippen molar-refractivity contribution in [3.8, 4) is 0 Å². The Labute approximate surface area is 239 Å². The quantitative estimate of drug-likeness (QED) is 0.486. The maximum atomic E-state index is 15.5. The van der Waals surface area contributed by atoms with Crippen LogP contribution in [0.4, 0.5) is 26.1 Å². The number of nitrogens with one attached hydrogen (secondary N) is 2. The summed E-state index contributed by atoms with van der Waals surface area (Å²) in [6.07, 6.45) is 4.02. The van der Waals surface area contributed by atoms with E-state index in [-0.39, 0.29) is 36.2 Å². The van der Waals surface area contributed by atoms with E-state index in [9.17, 15) is 9.59 Å². The van der Waals surface area contributed by atoms with E-state index in [0.29, 0.717) is 65.0 Å². The second-order valence-electron chi connectivity index (χ2n) is 11.6. The second kappa shape index (κ2) is 11.8. The van der Waals surface area contributed by atoms with Gasteiger partial charge in [0.15, 0.2) is 0 Å². The number of piperidine rings is 2. The van der Waals surface area contributed by atoms with Crippen molar-refractivity contribution in [1.82, 2.24) is 20.2 Å². The molecule has 4 heterocycles. The predicted molar refractivity (Wildman–Crippen MR) is 152 cm³/mol. The Bertz CT molecular complexity index is 1280. The lowest BCUT2D eigenvalue weighted by atomic mass is 9.80. The highest BCUT2D eigenvalue weighted by Crippen LogP contribution is 2.35. The standard InChI is InChI=1S/C29H39F2N7O3/c1-4-41-27(40)28(2)5-9-36(10-6-28)16-20-13-22(31)23(14-21(20)30)38-17-26(39)35-29(18-38)7-11-37(12-8-29)25-15-24(32-3)33-19-34-25/h13-15,19H,4-12,16-18H2,1-3H3,(H,35,39)(H,32,33,34). The van der Waals surface area contributed by atoms with Crippen LogP contribution in [0.5, 0.6) is 0 Å². The van der Waals surface area contributed by atoms with E-state index < -0.39 is 22.6 Å². The summed E-state index contributed by atoms with van der Waals surface area (Å²) >= 11 is 0. The Morgan fingerprint density at radius 1 is 1.05 bits per heavy atom. The van der Waals surface area contributed by atoms with E-state index >= 15 is 8.78 Å². The number of likely N-dealkylation sites (tertiary alicyclic amines) is 1. The fourth-order valence-electron chi connectivity index (χ4n) is 6.14. The highest BCUT2D eigenvalue weighted by atomic mass is 19.1. The Balaban J connectivity index is 1.24. The Hall–Kier alpha value is -3.54. The molecule has 0 unspecified atom stereocenters. The Kier molecular flexibility index (Phi) is 8.30. The van der Waals surface area contributed by atoms with Gasteiger partial charge in [0.25, 0.3) is 0 Å². The molecule has 1 amide bonds. The normalized spacial score (nSPS) is 20.6. The van der Waals surface area contributed by atoms with Gasteiger partial charge in [-0.3, -0.25) is 14.5 Å². The van der Waals surface area contributed by atoms with Crippen molar-refractivity contribution in [2.75, 3.05) is 68.0 Å². The van der Waals surface area contributed by atoms with Crippen molar-refractivity contribution >= 4 is 29.2 Å². The summed E-state index contributed by atoms with van der Waals surface area (Å²) in [4.78, 5) is 39.5. The zero-order valence-electron chi connectivity index (χ0n) is 24.0. The molecule has 3 saturated heterocycles. The van der Waals surface area contributed by atoms with Gasteiger partial charge in [0.1, 0.15) is 29.6 Å². The number of ether oxygens (including phenoxy) is 1. The molecular weight excluding hydrogens is 532 g/mol. The van der Waals surface area contributed by atoms with Gasteiger partial charge >= 0.3 is 5.97 Å². The highest BCUT2D eigenvalue weighted by Gasteiger charge is 2.42. The smallest absolute Gasteiger partial charge is 0.311 e.